The van der Waals surface area contributed by atoms with Crippen molar-refractivity contribution in [3.63, 3.8) is 0 Å². The fourth-order valence-corrected chi connectivity index (χ4v) is 4.58. The number of rotatable bonds is 6. The molecule has 0 aliphatic carbocycles. The fraction of sp³-hybridized carbons (Fsp3) is 0.591. The van der Waals surface area contributed by atoms with E-state index < -0.39 is 30.1 Å². The Morgan fingerprint density at radius 1 is 0.974 bits per heavy atom. The summed E-state index contributed by atoms with van der Waals surface area (Å²) in [5.41, 5.74) is 8.47. The van der Waals surface area contributed by atoms with Crippen molar-refractivity contribution in [3.8, 4) is 0 Å². The molecule has 38 heavy (non-hydrogen) atoms. The summed E-state index contributed by atoms with van der Waals surface area (Å²) in [6, 6.07) is 2.28. The van der Waals surface area contributed by atoms with Gasteiger partial charge in [-0.1, -0.05) is 0 Å². The zero-order valence-corrected chi connectivity index (χ0v) is 20.3. The Labute approximate surface area is 213 Å². The maximum atomic E-state index is 13.6. The third-order valence-corrected chi connectivity index (χ3v) is 6.50. The van der Waals surface area contributed by atoms with Crippen LogP contribution in [0.3, 0.4) is 0 Å². The number of azide groups is 1. The quantitative estimate of drug-likeness (QED) is 0.233. The van der Waals surface area contributed by atoms with Crippen LogP contribution in [0.1, 0.15) is 28.8 Å². The van der Waals surface area contributed by atoms with Crippen LogP contribution in [0.4, 0.5) is 37.7 Å². The molecule has 0 unspecified atom stereocenters. The normalized spacial score (nSPS) is 16.8. The lowest BCUT2D eigenvalue weighted by Gasteiger charge is -2.38. The number of hydrogen-bond donors (Lipinski definition) is 0. The molecule has 10 nitrogen and oxygen atoms in total. The number of anilines is 2. The second-order valence-electron chi connectivity index (χ2n) is 8.91. The van der Waals surface area contributed by atoms with Gasteiger partial charge in [0.25, 0.3) is 0 Å². The highest BCUT2D eigenvalue weighted by Gasteiger charge is 2.45. The van der Waals surface area contributed by atoms with Crippen molar-refractivity contribution in [1.29, 1.82) is 0 Å². The maximum absolute atomic E-state index is 13.6. The Kier molecular flexibility index (Phi) is 8.77. The zero-order chi connectivity index (χ0) is 28.3. The average Bonchev–Trinajstić information content (AvgIpc) is 3.37. The summed E-state index contributed by atoms with van der Waals surface area (Å²) in [7, 11) is 0. The molecule has 0 N–H and O–H groups in total. The smallest absolute Gasteiger partial charge is 0.368 e. The molecular weight excluding hydrogens is 524 g/mol. The first-order chi connectivity index (χ1) is 17.7. The summed E-state index contributed by atoms with van der Waals surface area (Å²) in [5.74, 6) is -5.27. The molecule has 3 amide bonds. The molecule has 2 aliphatic rings. The summed E-state index contributed by atoms with van der Waals surface area (Å²) >= 11 is 0. The number of carbonyl (C=O) groups is 3. The van der Waals surface area contributed by atoms with E-state index in [4.69, 9.17) is 5.53 Å². The predicted octanol–water partition coefficient (Wildman–Crippen LogP) is 3.65. The predicted molar refractivity (Wildman–Crippen MR) is 124 cm³/mol. The van der Waals surface area contributed by atoms with Gasteiger partial charge >= 0.3 is 24.2 Å². The average molecular weight is 549 g/mol. The Bertz CT molecular complexity index is 1120. The summed E-state index contributed by atoms with van der Waals surface area (Å²) < 4.78 is 79.2. The second kappa shape index (κ2) is 11.5. The van der Waals surface area contributed by atoms with E-state index in [1.54, 1.807) is 0 Å². The number of likely N-dealkylation sites (tertiary alicyclic amines) is 1. The molecule has 208 valence electrons. The van der Waals surface area contributed by atoms with E-state index in [9.17, 15) is 40.7 Å². The van der Waals surface area contributed by atoms with E-state index in [1.165, 1.54) is 17.9 Å². The lowest BCUT2D eigenvalue weighted by atomic mass is 10.0. The molecule has 0 atom stereocenters. The van der Waals surface area contributed by atoms with E-state index in [2.05, 4.69) is 10.0 Å². The van der Waals surface area contributed by atoms with E-state index in [1.807, 2.05) is 4.90 Å². The largest absolute Gasteiger partial charge is 0.471 e. The molecule has 2 heterocycles. The van der Waals surface area contributed by atoms with Crippen LogP contribution in [0.25, 0.3) is 10.4 Å². The molecule has 16 heteroatoms. The first-order valence-electron chi connectivity index (χ1n) is 11.7. The third-order valence-electron chi connectivity index (χ3n) is 6.50. The molecule has 2 aliphatic heterocycles. The maximum Gasteiger partial charge on any atom is 0.471 e. The third kappa shape index (κ3) is 6.67. The molecule has 0 radical (unpaired) electrons. The summed E-state index contributed by atoms with van der Waals surface area (Å²) in [4.78, 5) is 43.4. The fourth-order valence-electron chi connectivity index (χ4n) is 4.58. The van der Waals surface area contributed by atoms with Gasteiger partial charge in [0.15, 0.2) is 0 Å². The summed E-state index contributed by atoms with van der Waals surface area (Å²) in [6.45, 7) is 1.64. The highest BCUT2D eigenvalue weighted by atomic mass is 19.4. The Balaban J connectivity index is 2.01. The van der Waals surface area contributed by atoms with Gasteiger partial charge in [-0.3, -0.25) is 14.4 Å². The van der Waals surface area contributed by atoms with Crippen LogP contribution in [0.2, 0.25) is 0 Å². The Morgan fingerprint density at radius 2 is 1.58 bits per heavy atom. The molecule has 0 saturated carbocycles. The number of hydrogen-bond acceptors (Lipinski definition) is 5. The molecule has 1 aromatic rings. The van der Waals surface area contributed by atoms with Gasteiger partial charge in [0.2, 0.25) is 5.91 Å². The lowest BCUT2D eigenvalue weighted by Crippen LogP contribution is -2.52. The molecule has 0 bridgehead atoms. The van der Waals surface area contributed by atoms with Gasteiger partial charge in [-0.15, -0.1) is 0 Å². The number of halogens is 6. The van der Waals surface area contributed by atoms with Crippen molar-refractivity contribution in [2.24, 2.45) is 5.11 Å². The van der Waals surface area contributed by atoms with Crippen LogP contribution in [0.15, 0.2) is 17.2 Å². The Morgan fingerprint density at radius 3 is 2.11 bits per heavy atom. The number of benzene rings is 1. The van der Waals surface area contributed by atoms with Gasteiger partial charge in [0.05, 0.1) is 0 Å². The topological polar surface area (TPSA) is 113 Å². The van der Waals surface area contributed by atoms with Crippen molar-refractivity contribution in [2.75, 3.05) is 62.2 Å². The van der Waals surface area contributed by atoms with Crippen molar-refractivity contribution in [2.45, 2.75) is 32.1 Å². The van der Waals surface area contributed by atoms with E-state index in [-0.39, 0.29) is 61.8 Å². The van der Waals surface area contributed by atoms with Crippen LogP contribution in [-0.4, -0.2) is 92.2 Å². The van der Waals surface area contributed by atoms with Crippen molar-refractivity contribution in [3.05, 3.63) is 33.7 Å². The summed E-state index contributed by atoms with van der Waals surface area (Å²) in [5, 5.41) is 2.99. The molecular formula is C22H25F6N7O3. The number of nitrogens with zero attached hydrogens (tertiary/aromatic N) is 7. The van der Waals surface area contributed by atoms with Crippen LogP contribution < -0.4 is 9.80 Å². The number of amides is 3. The Hall–Kier alpha value is -3.52. The summed E-state index contributed by atoms with van der Waals surface area (Å²) in [6.07, 6.45) is -8.54. The van der Waals surface area contributed by atoms with Crippen molar-refractivity contribution < 1.29 is 40.7 Å². The molecule has 2 fully saturated rings. The first-order valence-corrected chi connectivity index (χ1v) is 11.7. The minimum Gasteiger partial charge on any atom is -0.368 e. The van der Waals surface area contributed by atoms with E-state index >= 15 is 0 Å². The van der Waals surface area contributed by atoms with Gasteiger partial charge in [-0.05, 0) is 61.2 Å². The minimum atomic E-state index is -5.23. The first kappa shape index (κ1) is 29.0. The van der Waals surface area contributed by atoms with Gasteiger partial charge in [0, 0.05) is 61.1 Å². The van der Waals surface area contributed by atoms with Gasteiger partial charge in [-0.2, -0.15) is 26.3 Å². The van der Waals surface area contributed by atoms with Crippen LogP contribution in [-0.2, 0) is 9.59 Å². The van der Waals surface area contributed by atoms with Crippen LogP contribution in [0.5, 0.6) is 0 Å². The second-order valence-corrected chi connectivity index (χ2v) is 8.91. The number of piperazine rings is 1. The minimum absolute atomic E-state index is 0.123. The van der Waals surface area contributed by atoms with Gasteiger partial charge in [-0.25, -0.2) is 0 Å². The highest BCUT2D eigenvalue weighted by molar-refractivity contribution is 6.02. The van der Waals surface area contributed by atoms with E-state index in [0.717, 1.165) is 18.9 Å². The number of carbonyl (C=O) groups excluding carboxylic acids is 3. The van der Waals surface area contributed by atoms with Crippen molar-refractivity contribution >= 4 is 29.1 Å². The van der Waals surface area contributed by atoms with E-state index in [0.29, 0.717) is 22.9 Å². The highest BCUT2D eigenvalue weighted by Crippen LogP contribution is 2.35. The number of alkyl halides is 6. The van der Waals surface area contributed by atoms with Gasteiger partial charge in [0.1, 0.15) is 0 Å². The monoisotopic (exact) mass is 549 g/mol. The molecule has 2 saturated heterocycles. The van der Waals surface area contributed by atoms with Gasteiger partial charge < -0.3 is 19.6 Å². The van der Waals surface area contributed by atoms with Crippen molar-refractivity contribution in [1.82, 2.24) is 9.80 Å². The van der Waals surface area contributed by atoms with Crippen LogP contribution in [0, 0.1) is 6.92 Å². The molecule has 0 aromatic heterocycles. The van der Waals surface area contributed by atoms with Crippen LogP contribution >= 0.6 is 0 Å². The zero-order valence-electron chi connectivity index (χ0n) is 20.3. The molecule has 1 aromatic carbocycles. The lowest BCUT2D eigenvalue weighted by molar-refractivity contribution is -0.185. The SMILES string of the molecule is Cc1c(N2CCN(C(=O)C(F)(F)F)CC2)cc(C(=O)N=[N+]=[N-])cc1N(CCN1CCCC1)C(=O)C(F)(F)F. The molecule has 3 rings (SSSR count). The standard InChI is InChI=1S/C22H25F6N7O3/c1-14-16(33-7-9-34(10-8-33)19(37)21(23,24)25)12-15(18(36)30-31-29)13-17(14)35(20(38)22(26,27)28)11-6-32-4-2-3-5-32/h12-13H,2-11H2,1H3. The molecule has 0 spiro atoms.